The Kier molecular flexibility index (Phi) is 5.19. The lowest BCUT2D eigenvalue weighted by Gasteiger charge is -2.25. The standard InChI is InChI=1S/C16H17ClN4O3S/c1-2-24-16(23)11-8-25-15(20-11)12-4-3-5-21(12)14-10(17)6-9(7-19-14)13(18)22/h6-8,12H,2-5H2,1H3,(H2,18,22). The largest absolute Gasteiger partial charge is 0.461 e. The van der Waals surface area contributed by atoms with Crippen molar-refractivity contribution in [3.05, 3.63) is 38.9 Å². The maximum absolute atomic E-state index is 11.8. The van der Waals surface area contributed by atoms with Crippen molar-refractivity contribution in [2.75, 3.05) is 18.1 Å². The predicted octanol–water partition coefficient (Wildman–Crippen LogP) is 2.81. The van der Waals surface area contributed by atoms with Gasteiger partial charge in [0, 0.05) is 18.1 Å². The number of ether oxygens (including phenoxy) is 1. The molecule has 1 aliphatic rings. The van der Waals surface area contributed by atoms with Gasteiger partial charge in [0.15, 0.2) is 5.69 Å². The molecule has 0 spiro atoms. The number of primary amides is 1. The van der Waals surface area contributed by atoms with Crippen LogP contribution in [0.15, 0.2) is 17.6 Å². The second-order valence-corrected chi connectivity index (χ2v) is 6.83. The molecule has 3 heterocycles. The maximum Gasteiger partial charge on any atom is 0.357 e. The first kappa shape index (κ1) is 17.6. The number of hydrogen-bond donors (Lipinski definition) is 1. The Bertz CT molecular complexity index is 810. The van der Waals surface area contributed by atoms with Gasteiger partial charge in [-0.1, -0.05) is 11.6 Å². The van der Waals surface area contributed by atoms with Crippen LogP contribution in [-0.4, -0.2) is 35.0 Å². The van der Waals surface area contributed by atoms with E-state index in [0.29, 0.717) is 23.1 Å². The van der Waals surface area contributed by atoms with Crippen molar-refractivity contribution in [1.29, 1.82) is 0 Å². The van der Waals surface area contributed by atoms with Gasteiger partial charge in [-0.3, -0.25) is 4.79 Å². The number of nitrogens with two attached hydrogens (primary N) is 1. The first-order valence-electron chi connectivity index (χ1n) is 7.85. The van der Waals surface area contributed by atoms with Gasteiger partial charge in [0.25, 0.3) is 0 Å². The number of aromatic nitrogens is 2. The zero-order chi connectivity index (χ0) is 18.0. The summed E-state index contributed by atoms with van der Waals surface area (Å²) in [5.74, 6) is -0.406. The van der Waals surface area contributed by atoms with Crippen molar-refractivity contribution in [2.45, 2.75) is 25.8 Å². The molecular formula is C16H17ClN4O3S. The summed E-state index contributed by atoms with van der Waals surface area (Å²) >= 11 is 7.71. The van der Waals surface area contributed by atoms with Crippen LogP contribution in [0, 0.1) is 0 Å². The number of anilines is 1. The van der Waals surface area contributed by atoms with E-state index >= 15 is 0 Å². The summed E-state index contributed by atoms with van der Waals surface area (Å²) in [5, 5.41) is 2.89. The molecule has 25 heavy (non-hydrogen) atoms. The molecule has 9 heteroatoms. The van der Waals surface area contributed by atoms with E-state index in [1.54, 1.807) is 12.3 Å². The fourth-order valence-corrected chi connectivity index (χ4v) is 4.00. The molecule has 1 aliphatic heterocycles. The molecule has 1 atom stereocenters. The van der Waals surface area contributed by atoms with E-state index in [4.69, 9.17) is 22.1 Å². The molecule has 2 aromatic rings. The SMILES string of the molecule is CCOC(=O)c1csc(C2CCCN2c2ncc(C(N)=O)cc2Cl)n1. The molecule has 0 saturated carbocycles. The third kappa shape index (κ3) is 3.59. The quantitative estimate of drug-likeness (QED) is 0.801. The van der Waals surface area contributed by atoms with Crippen LogP contribution in [0.5, 0.6) is 0 Å². The highest BCUT2D eigenvalue weighted by molar-refractivity contribution is 7.10. The van der Waals surface area contributed by atoms with Crippen molar-refractivity contribution in [3.8, 4) is 0 Å². The zero-order valence-corrected chi connectivity index (χ0v) is 15.1. The molecule has 1 saturated heterocycles. The highest BCUT2D eigenvalue weighted by Gasteiger charge is 2.31. The van der Waals surface area contributed by atoms with Gasteiger partial charge in [-0.25, -0.2) is 14.8 Å². The molecule has 2 aromatic heterocycles. The van der Waals surface area contributed by atoms with Crippen LogP contribution in [0.2, 0.25) is 5.02 Å². The fraction of sp³-hybridized carbons (Fsp3) is 0.375. The smallest absolute Gasteiger partial charge is 0.357 e. The van der Waals surface area contributed by atoms with Gasteiger partial charge >= 0.3 is 5.97 Å². The Hall–Kier alpha value is -2.19. The number of carbonyl (C=O) groups is 2. The van der Waals surface area contributed by atoms with Crippen molar-refractivity contribution in [1.82, 2.24) is 9.97 Å². The molecule has 132 valence electrons. The Morgan fingerprint density at radius 2 is 2.32 bits per heavy atom. The third-order valence-electron chi connectivity index (χ3n) is 3.92. The van der Waals surface area contributed by atoms with Crippen LogP contribution >= 0.6 is 22.9 Å². The summed E-state index contributed by atoms with van der Waals surface area (Å²) in [6.45, 7) is 2.84. The second-order valence-electron chi connectivity index (χ2n) is 5.54. The number of hydrogen-bond acceptors (Lipinski definition) is 7. The Balaban J connectivity index is 1.86. The van der Waals surface area contributed by atoms with Gasteiger partial charge in [-0.15, -0.1) is 11.3 Å². The molecular weight excluding hydrogens is 364 g/mol. The fourth-order valence-electron chi connectivity index (χ4n) is 2.79. The molecule has 3 rings (SSSR count). The van der Waals surface area contributed by atoms with E-state index in [1.165, 1.54) is 23.6 Å². The van der Waals surface area contributed by atoms with Crippen LogP contribution in [0.1, 0.15) is 51.7 Å². The first-order valence-corrected chi connectivity index (χ1v) is 9.11. The van der Waals surface area contributed by atoms with Gasteiger partial charge in [0.1, 0.15) is 10.8 Å². The summed E-state index contributed by atoms with van der Waals surface area (Å²) in [4.78, 5) is 33.8. The summed E-state index contributed by atoms with van der Waals surface area (Å²) in [6.07, 6.45) is 3.25. The van der Waals surface area contributed by atoms with E-state index in [1.807, 2.05) is 4.90 Å². The third-order valence-corrected chi connectivity index (χ3v) is 5.15. The highest BCUT2D eigenvalue weighted by atomic mass is 35.5. The number of esters is 1. The van der Waals surface area contributed by atoms with Crippen LogP contribution in [0.25, 0.3) is 0 Å². The average molecular weight is 381 g/mol. The van der Waals surface area contributed by atoms with Crippen molar-refractivity contribution in [2.24, 2.45) is 5.73 Å². The molecule has 2 N–H and O–H groups in total. The summed E-state index contributed by atoms with van der Waals surface area (Å²) in [7, 11) is 0. The van der Waals surface area contributed by atoms with Gasteiger partial charge in [0.05, 0.1) is 23.2 Å². The van der Waals surface area contributed by atoms with Gasteiger partial charge in [0.2, 0.25) is 5.91 Å². The molecule has 0 radical (unpaired) electrons. The highest BCUT2D eigenvalue weighted by Crippen LogP contribution is 2.39. The number of nitrogens with zero attached hydrogens (tertiary/aromatic N) is 3. The minimum Gasteiger partial charge on any atom is -0.461 e. The van der Waals surface area contributed by atoms with E-state index in [0.717, 1.165) is 24.4 Å². The number of halogens is 1. The van der Waals surface area contributed by atoms with Crippen LogP contribution in [0.4, 0.5) is 5.82 Å². The summed E-state index contributed by atoms with van der Waals surface area (Å²) in [6, 6.07) is 1.51. The van der Waals surface area contributed by atoms with Crippen LogP contribution in [0.3, 0.4) is 0 Å². The van der Waals surface area contributed by atoms with Gasteiger partial charge in [-0.2, -0.15) is 0 Å². The molecule has 0 bridgehead atoms. The number of rotatable bonds is 5. The number of amides is 1. The predicted molar refractivity (Wildman–Crippen MR) is 95.2 cm³/mol. The topological polar surface area (TPSA) is 98.4 Å². The van der Waals surface area contributed by atoms with E-state index in [-0.39, 0.29) is 11.6 Å². The van der Waals surface area contributed by atoms with Crippen molar-refractivity contribution >= 4 is 40.6 Å². The minimum atomic E-state index is -0.571. The van der Waals surface area contributed by atoms with E-state index in [2.05, 4.69) is 9.97 Å². The summed E-state index contributed by atoms with van der Waals surface area (Å²) < 4.78 is 4.98. The molecule has 1 fully saturated rings. The average Bonchev–Trinajstić information content (AvgIpc) is 3.23. The lowest BCUT2D eigenvalue weighted by molar-refractivity contribution is 0.0520. The minimum absolute atomic E-state index is 0.0161. The van der Waals surface area contributed by atoms with Crippen molar-refractivity contribution < 1.29 is 14.3 Å². The number of carbonyl (C=O) groups excluding carboxylic acids is 2. The van der Waals surface area contributed by atoms with Crippen molar-refractivity contribution in [3.63, 3.8) is 0 Å². The van der Waals surface area contributed by atoms with Crippen LogP contribution in [-0.2, 0) is 4.74 Å². The maximum atomic E-state index is 11.8. The molecule has 1 amide bonds. The van der Waals surface area contributed by atoms with E-state index in [9.17, 15) is 9.59 Å². The Morgan fingerprint density at radius 1 is 1.52 bits per heavy atom. The lowest BCUT2D eigenvalue weighted by Crippen LogP contribution is -2.24. The van der Waals surface area contributed by atoms with Gasteiger partial charge < -0.3 is 15.4 Å². The number of thiazole rings is 1. The molecule has 1 unspecified atom stereocenters. The normalized spacial score (nSPS) is 16.9. The number of pyridine rings is 1. The Labute approximate surface area is 153 Å². The van der Waals surface area contributed by atoms with Crippen LogP contribution < -0.4 is 10.6 Å². The van der Waals surface area contributed by atoms with Gasteiger partial charge in [-0.05, 0) is 25.8 Å². The summed E-state index contributed by atoms with van der Waals surface area (Å²) in [5.41, 5.74) is 5.84. The second kappa shape index (κ2) is 7.37. The Morgan fingerprint density at radius 3 is 3.00 bits per heavy atom. The molecule has 7 nitrogen and oxygen atoms in total. The molecule has 0 aromatic carbocycles. The first-order chi connectivity index (χ1) is 12.0. The monoisotopic (exact) mass is 380 g/mol. The van der Waals surface area contributed by atoms with E-state index < -0.39 is 11.9 Å². The lowest BCUT2D eigenvalue weighted by atomic mass is 10.2. The zero-order valence-electron chi connectivity index (χ0n) is 13.6. The molecule has 0 aliphatic carbocycles.